The van der Waals surface area contributed by atoms with Gasteiger partial charge in [-0.2, -0.15) is 10.1 Å². The van der Waals surface area contributed by atoms with Gasteiger partial charge >= 0.3 is 0 Å². The van der Waals surface area contributed by atoms with Crippen LogP contribution in [0.25, 0.3) is 0 Å². The van der Waals surface area contributed by atoms with Crippen molar-refractivity contribution in [3.8, 4) is 0 Å². The second kappa shape index (κ2) is 7.18. The molecule has 1 heterocycles. The van der Waals surface area contributed by atoms with Crippen LogP contribution in [0.1, 0.15) is 19.3 Å². The van der Waals surface area contributed by atoms with Gasteiger partial charge in [-0.15, -0.1) is 0 Å². The van der Waals surface area contributed by atoms with Crippen molar-refractivity contribution in [2.45, 2.75) is 31.4 Å². The molecule has 1 aromatic heterocycles. The van der Waals surface area contributed by atoms with Crippen LogP contribution in [0.5, 0.6) is 0 Å². The highest BCUT2D eigenvalue weighted by Crippen LogP contribution is 2.28. The molecule has 2 aromatic rings. The lowest BCUT2D eigenvalue weighted by molar-refractivity contribution is 0.182. The molecule has 1 aromatic carbocycles. The molecule has 0 aliphatic heterocycles. The maximum absolute atomic E-state index is 9.60. The lowest BCUT2D eigenvalue weighted by Crippen LogP contribution is -2.18. The largest absolute Gasteiger partial charge is 0.393 e. The second-order valence-electron chi connectivity index (χ2n) is 5.48. The molecule has 1 aliphatic rings. The maximum Gasteiger partial charge on any atom is 0.224 e. The van der Waals surface area contributed by atoms with Crippen molar-refractivity contribution in [3.05, 3.63) is 34.0 Å². The number of benzene rings is 1. The summed E-state index contributed by atoms with van der Waals surface area (Å²) in [5.74, 6) is 0.960. The molecule has 1 saturated carbocycles. The van der Waals surface area contributed by atoms with Gasteiger partial charge in [-0.05, 0) is 66.1 Å². The van der Waals surface area contributed by atoms with Crippen LogP contribution in [-0.4, -0.2) is 27.2 Å². The number of halogens is 1. The van der Waals surface area contributed by atoms with E-state index in [2.05, 4.69) is 48.3 Å². The standard InChI is InChI=1S/C15H17IN6O/c16-9-1-3-10(4-2-9)19-14-13(22-17)8-18-15(21-14)20-11-5-6-12(23)7-11/h1-4,8,11-12,17,23H,5-7H2,(H2,18,19,20,21)/t11-,12-/m0/s1. The number of hydrogen-bond donors (Lipinski definition) is 4. The molecule has 7 nitrogen and oxygen atoms in total. The van der Waals surface area contributed by atoms with E-state index in [4.69, 9.17) is 5.53 Å². The smallest absolute Gasteiger partial charge is 0.224 e. The molecule has 1 fully saturated rings. The van der Waals surface area contributed by atoms with Crippen LogP contribution >= 0.6 is 22.6 Å². The third-order valence-electron chi connectivity index (χ3n) is 3.74. The van der Waals surface area contributed by atoms with Crippen molar-refractivity contribution in [1.82, 2.24) is 9.97 Å². The summed E-state index contributed by atoms with van der Waals surface area (Å²) >= 11 is 2.24. The van der Waals surface area contributed by atoms with Crippen LogP contribution in [-0.2, 0) is 0 Å². The number of anilines is 3. The summed E-state index contributed by atoms with van der Waals surface area (Å²) in [6, 6.07) is 8.03. The Balaban J connectivity index is 1.78. The molecule has 0 bridgehead atoms. The van der Waals surface area contributed by atoms with Gasteiger partial charge in [-0.25, -0.2) is 10.5 Å². The molecule has 0 amide bonds. The first-order valence-corrected chi connectivity index (χ1v) is 8.43. The van der Waals surface area contributed by atoms with E-state index in [9.17, 15) is 5.11 Å². The lowest BCUT2D eigenvalue weighted by atomic mass is 10.2. The first-order valence-electron chi connectivity index (χ1n) is 7.36. The van der Waals surface area contributed by atoms with E-state index in [-0.39, 0.29) is 12.1 Å². The maximum atomic E-state index is 9.60. The molecule has 120 valence electrons. The van der Waals surface area contributed by atoms with E-state index in [1.54, 1.807) is 0 Å². The van der Waals surface area contributed by atoms with E-state index in [0.29, 0.717) is 23.9 Å². The van der Waals surface area contributed by atoms with E-state index >= 15 is 0 Å². The van der Waals surface area contributed by atoms with Crippen molar-refractivity contribution >= 4 is 45.7 Å². The fourth-order valence-corrected chi connectivity index (χ4v) is 2.92. The normalized spacial score (nSPS) is 20.3. The van der Waals surface area contributed by atoms with E-state index in [1.165, 1.54) is 6.20 Å². The summed E-state index contributed by atoms with van der Waals surface area (Å²) in [6.45, 7) is 0. The van der Waals surface area contributed by atoms with Gasteiger partial charge < -0.3 is 15.7 Å². The van der Waals surface area contributed by atoms with Crippen molar-refractivity contribution in [2.24, 2.45) is 5.11 Å². The van der Waals surface area contributed by atoms with Gasteiger partial charge in [0.25, 0.3) is 0 Å². The minimum Gasteiger partial charge on any atom is -0.393 e. The Labute approximate surface area is 147 Å². The van der Waals surface area contributed by atoms with Gasteiger partial charge in [0, 0.05) is 15.3 Å². The zero-order chi connectivity index (χ0) is 16.2. The Morgan fingerprint density at radius 3 is 2.70 bits per heavy atom. The van der Waals surface area contributed by atoms with Crippen molar-refractivity contribution in [1.29, 1.82) is 5.53 Å². The fourth-order valence-electron chi connectivity index (χ4n) is 2.56. The van der Waals surface area contributed by atoms with Gasteiger partial charge in [-0.1, -0.05) is 0 Å². The SMILES string of the molecule is N=Nc1cnc(N[C@H]2CC[C@H](O)C2)nc1Nc1ccc(I)cc1. The summed E-state index contributed by atoms with van der Waals surface area (Å²) < 4.78 is 1.14. The molecule has 2 atom stereocenters. The molecule has 0 spiro atoms. The van der Waals surface area contributed by atoms with Crippen LogP contribution in [0, 0.1) is 9.10 Å². The summed E-state index contributed by atoms with van der Waals surface area (Å²) in [6.07, 6.45) is 3.66. The fraction of sp³-hybridized carbons (Fsp3) is 0.333. The monoisotopic (exact) mass is 424 g/mol. The molecular weight excluding hydrogens is 407 g/mol. The Morgan fingerprint density at radius 1 is 1.26 bits per heavy atom. The Hall–Kier alpha value is -1.81. The summed E-state index contributed by atoms with van der Waals surface area (Å²) in [7, 11) is 0. The van der Waals surface area contributed by atoms with Crippen molar-refractivity contribution < 1.29 is 5.11 Å². The molecule has 1 aliphatic carbocycles. The van der Waals surface area contributed by atoms with Gasteiger partial charge in [0.1, 0.15) is 5.69 Å². The lowest BCUT2D eigenvalue weighted by Gasteiger charge is -2.14. The van der Waals surface area contributed by atoms with Crippen LogP contribution < -0.4 is 10.6 Å². The van der Waals surface area contributed by atoms with Gasteiger partial charge in [0.15, 0.2) is 5.82 Å². The minimum absolute atomic E-state index is 0.176. The molecule has 0 unspecified atom stereocenters. The number of nitrogens with zero attached hydrogens (tertiary/aromatic N) is 3. The zero-order valence-electron chi connectivity index (χ0n) is 12.3. The Morgan fingerprint density at radius 2 is 2.04 bits per heavy atom. The number of hydrogen-bond acceptors (Lipinski definition) is 7. The summed E-state index contributed by atoms with van der Waals surface area (Å²) in [4.78, 5) is 8.61. The average molecular weight is 424 g/mol. The number of aliphatic hydroxyl groups excluding tert-OH is 1. The zero-order valence-corrected chi connectivity index (χ0v) is 14.5. The highest BCUT2D eigenvalue weighted by molar-refractivity contribution is 14.1. The van der Waals surface area contributed by atoms with Crippen LogP contribution in [0.2, 0.25) is 0 Å². The molecule has 23 heavy (non-hydrogen) atoms. The van der Waals surface area contributed by atoms with Crippen LogP contribution in [0.15, 0.2) is 35.6 Å². The quantitative estimate of drug-likeness (QED) is 0.432. The van der Waals surface area contributed by atoms with E-state index in [1.807, 2.05) is 24.3 Å². The first-order chi connectivity index (χ1) is 11.1. The molecule has 0 saturated heterocycles. The summed E-state index contributed by atoms with van der Waals surface area (Å²) in [5.41, 5.74) is 8.50. The number of aromatic nitrogens is 2. The number of nitrogens with one attached hydrogen (secondary N) is 3. The van der Waals surface area contributed by atoms with E-state index < -0.39 is 0 Å². The van der Waals surface area contributed by atoms with E-state index in [0.717, 1.165) is 22.1 Å². The Kier molecular flexibility index (Phi) is 5.01. The molecule has 8 heteroatoms. The predicted octanol–water partition coefficient (Wildman–Crippen LogP) is 3.81. The summed E-state index contributed by atoms with van der Waals surface area (Å²) in [5, 5.41) is 19.5. The first kappa shape index (κ1) is 16.1. The van der Waals surface area contributed by atoms with Crippen LogP contribution in [0.3, 0.4) is 0 Å². The van der Waals surface area contributed by atoms with Crippen molar-refractivity contribution in [3.63, 3.8) is 0 Å². The number of aliphatic hydroxyl groups is 1. The average Bonchev–Trinajstić information content (AvgIpc) is 2.95. The topological polar surface area (TPSA) is 106 Å². The third-order valence-corrected chi connectivity index (χ3v) is 4.45. The van der Waals surface area contributed by atoms with Gasteiger partial charge in [0.2, 0.25) is 5.95 Å². The third kappa shape index (κ3) is 4.14. The predicted molar refractivity (Wildman–Crippen MR) is 96.5 cm³/mol. The van der Waals surface area contributed by atoms with Gasteiger partial charge in [-0.3, -0.25) is 0 Å². The highest BCUT2D eigenvalue weighted by atomic mass is 127. The second-order valence-corrected chi connectivity index (χ2v) is 6.72. The number of rotatable bonds is 5. The molecular formula is C15H17IN6O. The molecule has 0 radical (unpaired) electrons. The molecule has 4 N–H and O–H groups in total. The Bertz CT molecular complexity index is 693. The highest BCUT2D eigenvalue weighted by Gasteiger charge is 2.23. The minimum atomic E-state index is -0.251. The van der Waals surface area contributed by atoms with Crippen molar-refractivity contribution in [2.75, 3.05) is 10.6 Å². The van der Waals surface area contributed by atoms with Crippen LogP contribution in [0.4, 0.5) is 23.1 Å². The molecule has 3 rings (SSSR count). The van der Waals surface area contributed by atoms with Gasteiger partial charge in [0.05, 0.1) is 12.3 Å².